The summed E-state index contributed by atoms with van der Waals surface area (Å²) in [7, 11) is 5.51. The molecular weight excluding hydrogens is 683 g/mol. The number of carbonyl (C=O) groups excluding carboxylic acids is 3. The molecule has 3 aliphatic heterocycles. The minimum atomic E-state index is -0.402. The summed E-state index contributed by atoms with van der Waals surface area (Å²) in [6.45, 7) is 4.95. The van der Waals surface area contributed by atoms with Crippen LogP contribution in [0.4, 0.5) is 17.5 Å². The number of rotatable bonds is 8. The van der Waals surface area contributed by atoms with E-state index in [1.165, 1.54) is 5.56 Å². The Morgan fingerprint density at radius 1 is 1.02 bits per heavy atom. The molecule has 1 spiro atoms. The van der Waals surface area contributed by atoms with Crippen LogP contribution < -0.4 is 15.5 Å². The van der Waals surface area contributed by atoms with E-state index in [-0.39, 0.29) is 23.8 Å². The number of imide groups is 1. The van der Waals surface area contributed by atoms with Gasteiger partial charge in [0.05, 0.1) is 29.0 Å². The SMILES string of the molecule is CN(C)C(=O)c1cc2cnc(Nc3ccc(N4CCC5(CC4)CN(Cc4cccc6c(C7CCC(=O)NC7=O)nn(C)c46)C5)cn3)nc2n1C1CCCC1. The highest BCUT2D eigenvalue weighted by Gasteiger charge is 2.45. The maximum absolute atomic E-state index is 13.1. The summed E-state index contributed by atoms with van der Waals surface area (Å²) in [5, 5.41) is 12.4. The van der Waals surface area contributed by atoms with Crippen molar-refractivity contribution in [2.24, 2.45) is 12.5 Å². The van der Waals surface area contributed by atoms with Crippen LogP contribution in [0.1, 0.15) is 85.1 Å². The lowest BCUT2D eigenvalue weighted by molar-refractivity contribution is -0.134. The fourth-order valence-corrected chi connectivity index (χ4v) is 9.35. The maximum atomic E-state index is 13.1. The van der Waals surface area contributed by atoms with E-state index >= 15 is 0 Å². The minimum absolute atomic E-state index is 0.0213. The van der Waals surface area contributed by atoms with Crippen LogP contribution in [0.15, 0.2) is 48.8 Å². The summed E-state index contributed by atoms with van der Waals surface area (Å²) in [6, 6.07) is 12.6. The van der Waals surface area contributed by atoms with Crippen LogP contribution in [0, 0.1) is 5.41 Å². The van der Waals surface area contributed by atoms with E-state index in [4.69, 9.17) is 15.1 Å². The van der Waals surface area contributed by atoms with Crippen molar-refractivity contribution in [2.45, 2.75) is 69.9 Å². The number of hydrogen-bond acceptors (Lipinski definition) is 10. The van der Waals surface area contributed by atoms with Gasteiger partial charge < -0.3 is 19.7 Å². The summed E-state index contributed by atoms with van der Waals surface area (Å²) < 4.78 is 4.03. The summed E-state index contributed by atoms with van der Waals surface area (Å²) >= 11 is 0. The molecule has 280 valence electrons. The average Bonchev–Trinajstić information content (AvgIpc) is 3.89. The van der Waals surface area contributed by atoms with Gasteiger partial charge in [0.1, 0.15) is 17.2 Å². The van der Waals surface area contributed by atoms with Gasteiger partial charge in [-0.1, -0.05) is 31.0 Å². The summed E-state index contributed by atoms with van der Waals surface area (Å²) in [5.41, 5.74) is 5.93. The van der Waals surface area contributed by atoms with Crippen LogP contribution in [0.3, 0.4) is 0 Å². The number of benzene rings is 1. The number of aryl methyl sites for hydroxylation is 1. The van der Waals surface area contributed by atoms with Crippen LogP contribution in [-0.2, 0) is 23.2 Å². The standard InChI is InChI=1S/C40H47N11O3/c1-47(2)38(54)31-19-26-20-42-39(45-36(26)51(31)27-8-4-5-9-27)43-32-13-11-28(21-41-32)50-17-15-40(16-18-50)23-49(24-40)22-25-7-6-10-29-34(46-48(3)35(25)29)30-12-14-33(52)44-37(30)53/h6-7,10-11,13,19-21,27,30H,4-5,8-9,12,14-18,22-24H2,1-3H3,(H,44,52,53)(H,41,42,43,45). The molecule has 14 nitrogen and oxygen atoms in total. The Labute approximate surface area is 313 Å². The number of anilines is 3. The molecule has 3 amide bonds. The number of fused-ring (bicyclic) bond motifs is 2. The van der Waals surface area contributed by atoms with Crippen molar-refractivity contribution in [3.8, 4) is 0 Å². The highest BCUT2D eigenvalue weighted by atomic mass is 16.2. The number of piperidine rings is 2. The van der Waals surface area contributed by atoms with Crippen molar-refractivity contribution in [1.29, 1.82) is 0 Å². The second-order valence-electron chi connectivity index (χ2n) is 16.0. The van der Waals surface area contributed by atoms with Crippen molar-refractivity contribution in [2.75, 3.05) is 50.5 Å². The predicted octanol–water partition coefficient (Wildman–Crippen LogP) is 4.90. The number of carbonyl (C=O) groups is 3. The van der Waals surface area contributed by atoms with Crippen LogP contribution >= 0.6 is 0 Å². The monoisotopic (exact) mass is 729 g/mol. The zero-order valence-electron chi connectivity index (χ0n) is 31.2. The predicted molar refractivity (Wildman–Crippen MR) is 206 cm³/mol. The highest BCUT2D eigenvalue weighted by Crippen LogP contribution is 2.43. The molecule has 0 bridgehead atoms. The molecule has 3 saturated heterocycles. The third kappa shape index (κ3) is 6.15. The van der Waals surface area contributed by atoms with Crippen LogP contribution in [-0.4, -0.2) is 97.1 Å². The fourth-order valence-electron chi connectivity index (χ4n) is 9.35. The van der Waals surface area contributed by atoms with E-state index in [9.17, 15) is 14.4 Å². The lowest BCUT2D eigenvalue weighted by atomic mass is 9.72. The Kier molecular flexibility index (Phi) is 8.59. The first kappa shape index (κ1) is 34.4. The molecule has 54 heavy (non-hydrogen) atoms. The molecule has 1 aliphatic carbocycles. The largest absolute Gasteiger partial charge is 0.370 e. The first-order chi connectivity index (χ1) is 26.1. The molecule has 2 N–H and O–H groups in total. The Morgan fingerprint density at radius 3 is 2.54 bits per heavy atom. The van der Waals surface area contributed by atoms with Crippen LogP contribution in [0.5, 0.6) is 0 Å². The molecule has 1 atom stereocenters. The Morgan fingerprint density at radius 2 is 1.81 bits per heavy atom. The van der Waals surface area contributed by atoms with Gasteiger partial charge in [0.2, 0.25) is 17.8 Å². The maximum Gasteiger partial charge on any atom is 0.270 e. The molecule has 5 aromatic rings. The first-order valence-electron chi connectivity index (χ1n) is 19.2. The van der Waals surface area contributed by atoms with E-state index in [1.54, 1.807) is 25.2 Å². The lowest BCUT2D eigenvalue weighted by Gasteiger charge is -2.54. The van der Waals surface area contributed by atoms with Crippen molar-refractivity contribution >= 4 is 57.1 Å². The highest BCUT2D eigenvalue weighted by molar-refractivity contribution is 6.02. The van der Waals surface area contributed by atoms with Gasteiger partial charge in [0.25, 0.3) is 5.91 Å². The second kappa shape index (κ2) is 13.5. The first-order valence-corrected chi connectivity index (χ1v) is 19.2. The van der Waals surface area contributed by atoms with E-state index in [0.29, 0.717) is 35.7 Å². The number of nitrogens with one attached hydrogen (secondary N) is 2. The van der Waals surface area contributed by atoms with E-state index in [2.05, 4.69) is 48.2 Å². The fraction of sp³-hybridized carbons (Fsp3) is 0.475. The number of para-hydroxylation sites is 1. The van der Waals surface area contributed by atoms with Crippen molar-refractivity contribution < 1.29 is 14.4 Å². The molecule has 0 radical (unpaired) electrons. The van der Waals surface area contributed by atoms with E-state index in [1.807, 2.05) is 36.1 Å². The van der Waals surface area contributed by atoms with Gasteiger partial charge in [-0.05, 0) is 61.3 Å². The summed E-state index contributed by atoms with van der Waals surface area (Å²) in [4.78, 5) is 58.2. The molecule has 4 fully saturated rings. The van der Waals surface area contributed by atoms with Gasteiger partial charge in [-0.2, -0.15) is 10.1 Å². The summed E-state index contributed by atoms with van der Waals surface area (Å²) in [5.74, 6) is 0.260. The smallest absolute Gasteiger partial charge is 0.270 e. The second-order valence-corrected chi connectivity index (χ2v) is 16.0. The Balaban J connectivity index is 0.821. The molecule has 7 heterocycles. The molecule has 1 unspecified atom stereocenters. The van der Waals surface area contributed by atoms with Crippen molar-refractivity contribution in [1.82, 2.24) is 44.4 Å². The third-order valence-electron chi connectivity index (χ3n) is 12.1. The number of likely N-dealkylation sites (tertiary alicyclic amines) is 1. The number of amides is 3. The number of hydrogen-bond donors (Lipinski definition) is 2. The van der Waals surface area contributed by atoms with Crippen LogP contribution in [0.2, 0.25) is 0 Å². The van der Waals surface area contributed by atoms with Gasteiger partial charge in [0, 0.05) is 83.3 Å². The van der Waals surface area contributed by atoms with E-state index < -0.39 is 5.92 Å². The average molecular weight is 730 g/mol. The third-order valence-corrected chi connectivity index (χ3v) is 12.1. The van der Waals surface area contributed by atoms with Gasteiger partial charge in [-0.15, -0.1) is 0 Å². The molecule has 9 rings (SSSR count). The molecular formula is C40H47N11O3. The summed E-state index contributed by atoms with van der Waals surface area (Å²) in [6.07, 6.45) is 11.2. The molecule has 4 aromatic heterocycles. The lowest BCUT2D eigenvalue weighted by Crippen LogP contribution is -2.59. The molecule has 1 saturated carbocycles. The number of aromatic nitrogens is 6. The van der Waals surface area contributed by atoms with Crippen molar-refractivity contribution in [3.05, 3.63) is 65.7 Å². The van der Waals surface area contributed by atoms with Gasteiger partial charge in [0.15, 0.2) is 0 Å². The van der Waals surface area contributed by atoms with Gasteiger partial charge >= 0.3 is 0 Å². The number of nitrogens with zero attached hydrogens (tertiary/aromatic N) is 9. The number of pyridine rings is 1. The minimum Gasteiger partial charge on any atom is -0.370 e. The van der Waals surface area contributed by atoms with Gasteiger partial charge in [-0.25, -0.2) is 9.97 Å². The Bertz CT molecular complexity index is 2250. The quantitative estimate of drug-likeness (QED) is 0.212. The van der Waals surface area contributed by atoms with Crippen LogP contribution in [0.25, 0.3) is 21.9 Å². The Hall–Kier alpha value is -5.37. The zero-order valence-corrected chi connectivity index (χ0v) is 31.2. The molecule has 1 aromatic carbocycles. The van der Waals surface area contributed by atoms with E-state index in [0.717, 1.165) is 105 Å². The van der Waals surface area contributed by atoms with Gasteiger partial charge in [-0.3, -0.25) is 29.3 Å². The normalized spacial score (nSPS) is 20.5. The molecule has 14 heteroatoms. The molecule has 4 aliphatic rings. The topological polar surface area (TPSA) is 146 Å². The zero-order chi connectivity index (χ0) is 37.1. The van der Waals surface area contributed by atoms with Crippen molar-refractivity contribution in [3.63, 3.8) is 0 Å².